The molecule has 0 saturated carbocycles. The third kappa shape index (κ3) is 13.3. The minimum absolute atomic E-state index is 0.318. The number of carbonyl (C=O) groups excluding carboxylic acids is 1. The fourth-order valence-electron chi connectivity index (χ4n) is 2.48. The molecule has 0 atom stereocenters. The lowest BCUT2D eigenvalue weighted by atomic mass is 10.0. The average molecular weight is 328 g/mol. The van der Waals surface area contributed by atoms with Crippen LogP contribution >= 0.6 is 0 Å². The molecule has 0 fully saturated rings. The molecule has 0 unspecified atom stereocenters. The Bertz CT molecular complexity index is 298. The van der Waals surface area contributed by atoms with Crippen LogP contribution in [0.15, 0.2) is 12.7 Å². The van der Waals surface area contributed by atoms with Crippen LogP contribution in [0.25, 0.3) is 0 Å². The molecule has 23 heavy (non-hydrogen) atoms. The normalized spacial score (nSPS) is 11.4. The summed E-state index contributed by atoms with van der Waals surface area (Å²) in [6.45, 7) is 5.88. The molecule has 0 saturated heterocycles. The lowest BCUT2D eigenvalue weighted by Crippen LogP contribution is -2.29. The second-order valence-corrected chi connectivity index (χ2v) is 6.20. The highest BCUT2D eigenvalue weighted by Crippen LogP contribution is 2.20. The first-order valence-corrected chi connectivity index (χ1v) is 8.97. The third-order valence-electron chi connectivity index (χ3n) is 4.30. The minimum Gasteiger partial charge on any atom is -0.463 e. The van der Waals surface area contributed by atoms with Crippen molar-refractivity contribution in [1.82, 2.24) is 0 Å². The summed E-state index contributed by atoms with van der Waals surface area (Å²) in [4.78, 5) is 10.8. The molecule has 0 bridgehead atoms. The first kappa shape index (κ1) is 22.1. The van der Waals surface area contributed by atoms with Crippen molar-refractivity contribution in [2.24, 2.45) is 0 Å². The monoisotopic (exact) mass is 328 g/mol. The van der Waals surface area contributed by atoms with Crippen molar-refractivity contribution in [2.45, 2.75) is 83.3 Å². The molecule has 0 spiro atoms. The van der Waals surface area contributed by atoms with E-state index in [1.807, 2.05) is 6.92 Å². The van der Waals surface area contributed by atoms with Crippen molar-refractivity contribution in [3.8, 4) is 0 Å². The number of esters is 1. The molecule has 136 valence electrons. The molecule has 4 nitrogen and oxygen atoms in total. The van der Waals surface area contributed by atoms with E-state index in [1.54, 1.807) is 14.2 Å². The van der Waals surface area contributed by atoms with Crippen LogP contribution < -0.4 is 0 Å². The van der Waals surface area contributed by atoms with Gasteiger partial charge >= 0.3 is 5.97 Å². The van der Waals surface area contributed by atoms with Crippen molar-refractivity contribution >= 4 is 5.97 Å². The Labute approximate surface area is 142 Å². The maximum absolute atomic E-state index is 10.8. The average Bonchev–Trinajstić information content (AvgIpc) is 2.58. The lowest BCUT2D eigenvalue weighted by molar-refractivity contribution is -0.197. The van der Waals surface area contributed by atoms with E-state index in [-0.39, 0.29) is 5.97 Å². The van der Waals surface area contributed by atoms with Gasteiger partial charge in [0.05, 0.1) is 6.61 Å². The van der Waals surface area contributed by atoms with Crippen molar-refractivity contribution in [2.75, 3.05) is 20.8 Å². The Morgan fingerprint density at radius 3 is 1.74 bits per heavy atom. The maximum Gasteiger partial charge on any atom is 0.330 e. The Hall–Kier alpha value is -0.870. The molecular formula is C19H36O4. The summed E-state index contributed by atoms with van der Waals surface area (Å²) >= 11 is 0. The predicted octanol–water partition coefficient (Wildman–Crippen LogP) is 5.02. The molecule has 4 heteroatoms. The van der Waals surface area contributed by atoms with Crippen molar-refractivity contribution < 1.29 is 19.0 Å². The van der Waals surface area contributed by atoms with Gasteiger partial charge < -0.3 is 14.2 Å². The highest BCUT2D eigenvalue weighted by molar-refractivity contribution is 5.81. The zero-order valence-corrected chi connectivity index (χ0v) is 15.4. The van der Waals surface area contributed by atoms with E-state index in [9.17, 15) is 4.79 Å². The number of ether oxygens (including phenoxy) is 3. The van der Waals surface area contributed by atoms with E-state index >= 15 is 0 Å². The predicted molar refractivity (Wildman–Crippen MR) is 94.4 cm³/mol. The molecular weight excluding hydrogens is 292 g/mol. The van der Waals surface area contributed by atoms with Gasteiger partial charge in [0.25, 0.3) is 0 Å². The second kappa shape index (κ2) is 14.7. The highest BCUT2D eigenvalue weighted by Gasteiger charge is 2.21. The Kier molecular flexibility index (Phi) is 14.1. The summed E-state index contributed by atoms with van der Waals surface area (Å²) in [7, 11) is 3.40. The molecule has 0 amide bonds. The second-order valence-electron chi connectivity index (χ2n) is 6.20. The maximum atomic E-state index is 10.8. The van der Waals surface area contributed by atoms with Crippen molar-refractivity contribution in [3.63, 3.8) is 0 Å². The standard InChI is InChI=1S/C19H36O4/c1-5-18(20)23-17-15-13-11-9-7-6-8-10-12-14-16-19(2,21-3)22-4/h5H,1,6-17H2,2-4H3. The number of carbonyl (C=O) groups is 1. The topological polar surface area (TPSA) is 44.8 Å². The summed E-state index contributed by atoms with van der Waals surface area (Å²) in [5.41, 5.74) is 0. The molecule has 0 aliphatic heterocycles. The van der Waals surface area contributed by atoms with Crippen LogP contribution in [0.4, 0.5) is 0 Å². The van der Waals surface area contributed by atoms with Crippen LogP contribution in [0.3, 0.4) is 0 Å². The fraction of sp³-hybridized carbons (Fsp3) is 0.842. The van der Waals surface area contributed by atoms with Gasteiger partial charge in [-0.2, -0.15) is 0 Å². The molecule has 0 aromatic carbocycles. The Morgan fingerprint density at radius 2 is 1.30 bits per heavy atom. The molecule has 0 aromatic rings. The smallest absolute Gasteiger partial charge is 0.330 e. The van der Waals surface area contributed by atoms with Crippen molar-refractivity contribution in [3.05, 3.63) is 12.7 Å². The highest BCUT2D eigenvalue weighted by atomic mass is 16.7. The van der Waals surface area contributed by atoms with Gasteiger partial charge in [-0.15, -0.1) is 0 Å². The molecule has 0 radical (unpaired) electrons. The Morgan fingerprint density at radius 1 is 0.870 bits per heavy atom. The SMILES string of the molecule is C=CC(=O)OCCCCCCCCCCCCC(C)(OC)OC. The third-order valence-corrected chi connectivity index (χ3v) is 4.30. The van der Waals surface area contributed by atoms with E-state index in [2.05, 4.69) is 6.58 Å². The first-order valence-electron chi connectivity index (χ1n) is 8.97. The Balaban J connectivity index is 3.22. The number of unbranched alkanes of at least 4 members (excludes halogenated alkanes) is 9. The van der Waals surface area contributed by atoms with Gasteiger partial charge in [0.15, 0.2) is 5.79 Å². The largest absolute Gasteiger partial charge is 0.463 e. The van der Waals surface area contributed by atoms with E-state index in [4.69, 9.17) is 14.2 Å². The summed E-state index contributed by atoms with van der Waals surface area (Å²) < 4.78 is 15.6. The summed E-state index contributed by atoms with van der Waals surface area (Å²) in [6, 6.07) is 0. The van der Waals surface area contributed by atoms with Gasteiger partial charge in [0.1, 0.15) is 0 Å². The van der Waals surface area contributed by atoms with Crippen LogP contribution in [-0.2, 0) is 19.0 Å². The van der Waals surface area contributed by atoms with E-state index in [0.29, 0.717) is 6.61 Å². The van der Waals surface area contributed by atoms with Gasteiger partial charge in [0, 0.05) is 26.7 Å². The first-order chi connectivity index (χ1) is 11.1. The molecule has 0 heterocycles. The van der Waals surface area contributed by atoms with Gasteiger partial charge in [0.2, 0.25) is 0 Å². The molecule has 0 aromatic heterocycles. The zero-order valence-electron chi connectivity index (χ0n) is 15.4. The van der Waals surface area contributed by atoms with Crippen LogP contribution in [0, 0.1) is 0 Å². The van der Waals surface area contributed by atoms with Crippen LogP contribution in [0.2, 0.25) is 0 Å². The minimum atomic E-state index is -0.417. The number of methoxy groups -OCH3 is 2. The van der Waals surface area contributed by atoms with Crippen LogP contribution in [0.5, 0.6) is 0 Å². The summed E-state index contributed by atoms with van der Waals surface area (Å²) in [5.74, 6) is -0.735. The van der Waals surface area contributed by atoms with Gasteiger partial charge in [-0.05, 0) is 19.8 Å². The van der Waals surface area contributed by atoms with Gasteiger partial charge in [-0.1, -0.05) is 57.9 Å². The molecule has 0 aliphatic rings. The molecule has 0 aliphatic carbocycles. The van der Waals surface area contributed by atoms with Crippen LogP contribution in [-0.4, -0.2) is 32.6 Å². The summed E-state index contributed by atoms with van der Waals surface area (Å²) in [6.07, 6.45) is 14.4. The molecule has 0 N–H and O–H groups in total. The zero-order chi connectivity index (χ0) is 17.4. The number of rotatable bonds is 16. The van der Waals surface area contributed by atoms with Gasteiger partial charge in [-0.25, -0.2) is 4.79 Å². The molecule has 0 rings (SSSR count). The van der Waals surface area contributed by atoms with Gasteiger partial charge in [-0.3, -0.25) is 0 Å². The quantitative estimate of drug-likeness (QED) is 0.173. The van der Waals surface area contributed by atoms with E-state index < -0.39 is 5.79 Å². The fourth-order valence-corrected chi connectivity index (χ4v) is 2.48. The lowest BCUT2D eigenvalue weighted by Gasteiger charge is -2.26. The number of hydrogen-bond donors (Lipinski definition) is 0. The van der Waals surface area contributed by atoms with E-state index in [0.717, 1.165) is 25.7 Å². The van der Waals surface area contributed by atoms with E-state index in [1.165, 1.54) is 51.0 Å². The van der Waals surface area contributed by atoms with Crippen molar-refractivity contribution in [1.29, 1.82) is 0 Å². The number of hydrogen-bond acceptors (Lipinski definition) is 4. The van der Waals surface area contributed by atoms with Crippen LogP contribution in [0.1, 0.15) is 77.6 Å². The summed E-state index contributed by atoms with van der Waals surface area (Å²) in [5, 5.41) is 0.